The van der Waals surface area contributed by atoms with Gasteiger partial charge in [-0.15, -0.1) is 0 Å². The number of benzene rings is 2. The molecule has 0 bridgehead atoms. The molecule has 0 fully saturated rings. The highest BCUT2D eigenvalue weighted by molar-refractivity contribution is 6.03. The molecule has 8 heteroatoms. The lowest BCUT2D eigenvalue weighted by atomic mass is 10.2. The molecule has 142 valence electrons. The Labute approximate surface area is 159 Å². The summed E-state index contributed by atoms with van der Waals surface area (Å²) in [5, 5.41) is 6.62. The van der Waals surface area contributed by atoms with E-state index in [-0.39, 0.29) is 18.1 Å². The van der Waals surface area contributed by atoms with Gasteiger partial charge < -0.3 is 13.8 Å². The molecule has 2 aromatic carbocycles. The lowest BCUT2D eigenvalue weighted by Gasteiger charge is -2.07. The van der Waals surface area contributed by atoms with Crippen molar-refractivity contribution < 1.29 is 18.4 Å². The first-order valence-corrected chi connectivity index (χ1v) is 8.59. The monoisotopic (exact) mass is 380 g/mol. The van der Waals surface area contributed by atoms with E-state index in [1.54, 1.807) is 11.5 Å². The number of ether oxygens (including phenoxy) is 1. The molecule has 1 N–H and O–H groups in total. The number of fused-ring (bicyclic) bond motifs is 1. The molecule has 7 nitrogen and oxygen atoms in total. The maximum Gasteiger partial charge on any atom is 0.280 e. The second kappa shape index (κ2) is 7.15. The minimum absolute atomic E-state index is 0.0618. The van der Waals surface area contributed by atoms with Gasteiger partial charge in [-0.25, -0.2) is 9.37 Å². The van der Waals surface area contributed by atoms with E-state index in [4.69, 9.17) is 9.26 Å². The fourth-order valence-electron chi connectivity index (χ4n) is 2.84. The number of hydrogen-bond donors (Lipinski definition) is 1. The number of nitrogens with zero attached hydrogens (tertiary/aromatic N) is 3. The highest BCUT2D eigenvalue weighted by atomic mass is 19.1. The van der Waals surface area contributed by atoms with Gasteiger partial charge in [-0.1, -0.05) is 17.3 Å². The second-order valence-corrected chi connectivity index (χ2v) is 6.25. The van der Waals surface area contributed by atoms with Crippen LogP contribution in [-0.4, -0.2) is 20.6 Å². The number of carbonyl (C=O) groups is 1. The van der Waals surface area contributed by atoms with E-state index in [2.05, 4.69) is 15.5 Å². The minimum atomic E-state index is -0.451. The Balaban J connectivity index is 1.54. The van der Waals surface area contributed by atoms with E-state index in [9.17, 15) is 9.18 Å². The van der Waals surface area contributed by atoms with Crippen LogP contribution in [0.5, 0.6) is 5.75 Å². The highest BCUT2D eigenvalue weighted by Crippen LogP contribution is 2.21. The maximum atomic E-state index is 13.0. The van der Waals surface area contributed by atoms with Crippen molar-refractivity contribution in [3.05, 3.63) is 71.4 Å². The van der Waals surface area contributed by atoms with Crippen molar-refractivity contribution in [3.8, 4) is 5.75 Å². The smallest absolute Gasteiger partial charge is 0.280 e. The van der Waals surface area contributed by atoms with Gasteiger partial charge in [0.1, 0.15) is 23.9 Å². The first kappa shape index (κ1) is 17.7. The summed E-state index contributed by atoms with van der Waals surface area (Å²) in [7, 11) is 1.82. The van der Waals surface area contributed by atoms with Crippen LogP contribution in [0.1, 0.15) is 21.8 Å². The summed E-state index contributed by atoms with van der Waals surface area (Å²) < 4.78 is 25.6. The van der Waals surface area contributed by atoms with Crippen molar-refractivity contribution >= 4 is 22.9 Å². The summed E-state index contributed by atoms with van der Waals surface area (Å²) in [6.07, 6.45) is 0. The van der Waals surface area contributed by atoms with Gasteiger partial charge in [0.2, 0.25) is 5.95 Å². The predicted octanol–water partition coefficient (Wildman–Crippen LogP) is 3.84. The van der Waals surface area contributed by atoms with Crippen molar-refractivity contribution in [2.75, 3.05) is 5.32 Å². The molecule has 0 aliphatic carbocycles. The molecule has 0 radical (unpaired) electrons. The van der Waals surface area contributed by atoms with Gasteiger partial charge in [-0.3, -0.25) is 10.1 Å². The van der Waals surface area contributed by atoms with E-state index in [0.29, 0.717) is 23.0 Å². The largest absolute Gasteiger partial charge is 0.489 e. The Bertz CT molecular complexity index is 1150. The molecule has 0 atom stereocenters. The van der Waals surface area contributed by atoms with Gasteiger partial charge in [0.05, 0.1) is 16.6 Å². The highest BCUT2D eigenvalue weighted by Gasteiger charge is 2.22. The predicted molar refractivity (Wildman–Crippen MR) is 101 cm³/mol. The molecular weight excluding hydrogens is 363 g/mol. The number of imidazole rings is 1. The van der Waals surface area contributed by atoms with E-state index < -0.39 is 5.91 Å². The third-order valence-electron chi connectivity index (χ3n) is 4.41. The van der Waals surface area contributed by atoms with Crippen LogP contribution in [0.3, 0.4) is 0 Å². The molecule has 2 aromatic heterocycles. The van der Waals surface area contributed by atoms with Crippen LogP contribution in [0.4, 0.5) is 10.3 Å². The van der Waals surface area contributed by atoms with Crippen LogP contribution in [-0.2, 0) is 13.7 Å². The van der Waals surface area contributed by atoms with Crippen LogP contribution < -0.4 is 10.1 Å². The van der Waals surface area contributed by atoms with Crippen LogP contribution in [0, 0.1) is 12.7 Å². The van der Waals surface area contributed by atoms with E-state index in [1.807, 2.05) is 31.3 Å². The number of halogens is 1. The van der Waals surface area contributed by atoms with Crippen LogP contribution >= 0.6 is 0 Å². The quantitative estimate of drug-likeness (QED) is 0.569. The first-order chi connectivity index (χ1) is 13.5. The number of anilines is 1. The molecule has 0 unspecified atom stereocenters. The van der Waals surface area contributed by atoms with Gasteiger partial charge in [0, 0.05) is 7.05 Å². The molecule has 4 rings (SSSR count). The van der Waals surface area contributed by atoms with E-state index >= 15 is 0 Å². The lowest BCUT2D eigenvalue weighted by molar-refractivity contribution is 0.101. The molecule has 1 amide bonds. The summed E-state index contributed by atoms with van der Waals surface area (Å²) in [5.41, 5.74) is 2.30. The zero-order valence-electron chi connectivity index (χ0n) is 15.3. The van der Waals surface area contributed by atoms with Crippen LogP contribution in [0.2, 0.25) is 0 Å². The second-order valence-electron chi connectivity index (χ2n) is 6.25. The normalized spacial score (nSPS) is 11.0. The van der Waals surface area contributed by atoms with Crippen LogP contribution in [0.15, 0.2) is 53.1 Å². The van der Waals surface area contributed by atoms with E-state index in [1.165, 1.54) is 24.3 Å². The Morgan fingerprint density at radius 1 is 1.21 bits per heavy atom. The Kier molecular flexibility index (Phi) is 4.52. The number of hydrogen-bond acceptors (Lipinski definition) is 5. The zero-order valence-corrected chi connectivity index (χ0v) is 15.3. The first-order valence-electron chi connectivity index (χ1n) is 8.59. The number of carbonyl (C=O) groups excluding carboxylic acids is 1. The topological polar surface area (TPSA) is 82.2 Å². The third kappa shape index (κ3) is 3.32. The average Bonchev–Trinajstić information content (AvgIpc) is 3.22. The standard InChI is InChI=1S/C20H17FN4O3/c1-12-15(11-27-14-9-7-13(21)8-10-14)18(24-28-12)19(26)23-20-22-16-5-3-4-6-17(16)25(20)2/h3-10H,11H2,1-2H3,(H,22,23,26). The zero-order chi connectivity index (χ0) is 19.7. The number of nitrogens with one attached hydrogen (secondary N) is 1. The molecular formula is C20H17FN4O3. The van der Waals surface area contributed by atoms with Crippen molar-refractivity contribution in [2.45, 2.75) is 13.5 Å². The van der Waals surface area contributed by atoms with Crippen LogP contribution in [0.25, 0.3) is 11.0 Å². The minimum Gasteiger partial charge on any atom is -0.489 e. The van der Waals surface area contributed by atoms with Crippen molar-refractivity contribution in [1.29, 1.82) is 0 Å². The van der Waals surface area contributed by atoms with Gasteiger partial charge in [0.25, 0.3) is 5.91 Å². The van der Waals surface area contributed by atoms with Gasteiger partial charge in [0.15, 0.2) is 5.69 Å². The maximum absolute atomic E-state index is 13.0. The summed E-state index contributed by atoms with van der Waals surface area (Å²) in [6.45, 7) is 1.76. The third-order valence-corrected chi connectivity index (χ3v) is 4.41. The number of rotatable bonds is 5. The lowest BCUT2D eigenvalue weighted by Crippen LogP contribution is -2.17. The fraction of sp³-hybridized carbons (Fsp3) is 0.150. The summed E-state index contributed by atoms with van der Waals surface area (Å²) in [4.78, 5) is 17.2. The van der Waals surface area contributed by atoms with Crippen molar-refractivity contribution in [2.24, 2.45) is 7.05 Å². The Morgan fingerprint density at radius 2 is 1.96 bits per heavy atom. The number of aromatic nitrogens is 3. The van der Waals surface area contributed by atoms with Gasteiger partial charge in [-0.05, 0) is 43.3 Å². The Morgan fingerprint density at radius 3 is 2.71 bits per heavy atom. The molecule has 4 aromatic rings. The molecule has 28 heavy (non-hydrogen) atoms. The fourth-order valence-corrected chi connectivity index (χ4v) is 2.84. The average molecular weight is 380 g/mol. The number of para-hydroxylation sites is 2. The molecule has 0 aliphatic rings. The summed E-state index contributed by atoms with van der Waals surface area (Å²) in [5.74, 6) is 0.544. The molecule has 0 aliphatic heterocycles. The van der Waals surface area contributed by atoms with Gasteiger partial charge >= 0.3 is 0 Å². The summed E-state index contributed by atoms with van der Waals surface area (Å²) in [6, 6.07) is 13.2. The molecule has 0 saturated heterocycles. The Hall–Kier alpha value is -3.68. The van der Waals surface area contributed by atoms with Crippen molar-refractivity contribution in [1.82, 2.24) is 14.7 Å². The molecule has 0 saturated carbocycles. The van der Waals surface area contributed by atoms with Crippen molar-refractivity contribution in [3.63, 3.8) is 0 Å². The summed E-state index contributed by atoms with van der Waals surface area (Å²) >= 11 is 0. The molecule has 0 spiro atoms. The number of aryl methyl sites for hydroxylation is 2. The molecule has 2 heterocycles. The van der Waals surface area contributed by atoms with Gasteiger partial charge in [-0.2, -0.15) is 0 Å². The SMILES string of the molecule is Cc1onc(C(=O)Nc2nc3ccccc3n2C)c1COc1ccc(F)cc1. The van der Waals surface area contributed by atoms with E-state index in [0.717, 1.165) is 11.0 Å². The number of amides is 1.